The Kier molecular flexibility index (Phi) is 3.75. The van der Waals surface area contributed by atoms with Crippen LogP contribution in [0.5, 0.6) is 0 Å². The largest absolute Gasteiger partial charge is 0.370 e. The zero-order chi connectivity index (χ0) is 11.4. The maximum atomic E-state index is 4.39. The summed E-state index contributed by atoms with van der Waals surface area (Å²) in [4.78, 5) is 8.76. The number of nitrogens with zero attached hydrogens (tertiary/aromatic N) is 2. The Hall–Kier alpha value is -1.12. The molecular weight excluding hydrogens is 198 g/mol. The Morgan fingerprint density at radius 1 is 1.38 bits per heavy atom. The third kappa shape index (κ3) is 3.47. The second kappa shape index (κ2) is 5.28. The average molecular weight is 219 g/mol. The molecule has 0 saturated heterocycles. The molecule has 1 N–H and O–H groups in total. The standard InChI is InChI=1S/C13H21N3/c1-3-12-9-13(16-10(2)15-12)14-8-4-5-11-6-7-11/h9,11H,3-8H2,1-2H3,(H,14,15,16). The number of rotatable bonds is 6. The van der Waals surface area contributed by atoms with E-state index in [0.717, 1.165) is 36.2 Å². The average Bonchev–Trinajstić information content (AvgIpc) is 3.07. The normalized spacial score (nSPS) is 15.1. The van der Waals surface area contributed by atoms with Crippen molar-refractivity contribution in [1.82, 2.24) is 9.97 Å². The van der Waals surface area contributed by atoms with Crippen LogP contribution in [0.3, 0.4) is 0 Å². The van der Waals surface area contributed by atoms with Gasteiger partial charge in [-0.2, -0.15) is 0 Å². The second-order valence-corrected chi connectivity index (χ2v) is 4.66. The highest BCUT2D eigenvalue weighted by atomic mass is 15.0. The summed E-state index contributed by atoms with van der Waals surface area (Å²) in [5.41, 5.74) is 1.12. The van der Waals surface area contributed by atoms with Crippen molar-refractivity contribution in [3.8, 4) is 0 Å². The molecule has 1 aliphatic carbocycles. The summed E-state index contributed by atoms with van der Waals surface area (Å²) in [5.74, 6) is 2.88. The van der Waals surface area contributed by atoms with Gasteiger partial charge in [-0.25, -0.2) is 9.97 Å². The van der Waals surface area contributed by atoms with Crippen LogP contribution in [-0.4, -0.2) is 16.5 Å². The number of anilines is 1. The molecule has 0 aliphatic heterocycles. The lowest BCUT2D eigenvalue weighted by Gasteiger charge is -2.07. The lowest BCUT2D eigenvalue weighted by molar-refractivity contribution is 0.686. The van der Waals surface area contributed by atoms with E-state index in [-0.39, 0.29) is 0 Å². The summed E-state index contributed by atoms with van der Waals surface area (Å²) in [7, 11) is 0. The minimum absolute atomic E-state index is 0.865. The van der Waals surface area contributed by atoms with Crippen LogP contribution in [0.4, 0.5) is 5.82 Å². The summed E-state index contributed by atoms with van der Waals surface area (Å²) in [5, 5.41) is 3.39. The van der Waals surface area contributed by atoms with Gasteiger partial charge in [0.2, 0.25) is 0 Å². The molecule has 0 bridgehead atoms. The molecule has 0 unspecified atom stereocenters. The van der Waals surface area contributed by atoms with Gasteiger partial charge in [-0.3, -0.25) is 0 Å². The zero-order valence-electron chi connectivity index (χ0n) is 10.3. The molecule has 1 heterocycles. The van der Waals surface area contributed by atoms with Crippen LogP contribution in [0.2, 0.25) is 0 Å². The predicted octanol–water partition coefficient (Wildman–Crippen LogP) is 2.95. The van der Waals surface area contributed by atoms with Crippen LogP contribution in [-0.2, 0) is 6.42 Å². The second-order valence-electron chi connectivity index (χ2n) is 4.66. The van der Waals surface area contributed by atoms with Crippen LogP contribution >= 0.6 is 0 Å². The molecule has 88 valence electrons. The minimum atomic E-state index is 0.865. The summed E-state index contributed by atoms with van der Waals surface area (Å²) >= 11 is 0. The van der Waals surface area contributed by atoms with Gasteiger partial charge in [0.1, 0.15) is 11.6 Å². The Balaban J connectivity index is 1.80. The van der Waals surface area contributed by atoms with Crippen molar-refractivity contribution in [2.24, 2.45) is 5.92 Å². The van der Waals surface area contributed by atoms with Crippen LogP contribution in [0.15, 0.2) is 6.07 Å². The number of hydrogen-bond donors (Lipinski definition) is 1. The fraction of sp³-hybridized carbons (Fsp3) is 0.692. The molecule has 1 aromatic rings. The lowest BCUT2D eigenvalue weighted by Crippen LogP contribution is -2.06. The van der Waals surface area contributed by atoms with Crippen molar-refractivity contribution in [2.75, 3.05) is 11.9 Å². The molecule has 0 radical (unpaired) electrons. The van der Waals surface area contributed by atoms with E-state index in [1.54, 1.807) is 0 Å². The summed E-state index contributed by atoms with van der Waals surface area (Å²) in [6.45, 7) is 5.11. The summed E-state index contributed by atoms with van der Waals surface area (Å²) in [6.07, 6.45) is 6.51. The first kappa shape index (κ1) is 11.4. The monoisotopic (exact) mass is 219 g/mol. The van der Waals surface area contributed by atoms with E-state index in [1.807, 2.05) is 6.92 Å². The third-order valence-electron chi connectivity index (χ3n) is 3.05. The van der Waals surface area contributed by atoms with Crippen molar-refractivity contribution < 1.29 is 0 Å². The third-order valence-corrected chi connectivity index (χ3v) is 3.05. The van der Waals surface area contributed by atoms with Gasteiger partial charge in [-0.05, 0) is 32.1 Å². The van der Waals surface area contributed by atoms with Crippen molar-refractivity contribution in [3.63, 3.8) is 0 Å². The molecule has 1 aromatic heterocycles. The van der Waals surface area contributed by atoms with E-state index in [9.17, 15) is 0 Å². The summed E-state index contributed by atoms with van der Waals surface area (Å²) in [6, 6.07) is 2.06. The molecule has 1 fully saturated rings. The van der Waals surface area contributed by atoms with Gasteiger partial charge in [0.15, 0.2) is 0 Å². The number of hydrogen-bond acceptors (Lipinski definition) is 3. The van der Waals surface area contributed by atoms with E-state index in [0.29, 0.717) is 0 Å². The quantitative estimate of drug-likeness (QED) is 0.747. The molecule has 0 aromatic carbocycles. The SMILES string of the molecule is CCc1cc(NCCCC2CC2)nc(C)n1. The highest BCUT2D eigenvalue weighted by Crippen LogP contribution is 2.33. The van der Waals surface area contributed by atoms with E-state index in [4.69, 9.17) is 0 Å². The van der Waals surface area contributed by atoms with Crippen molar-refractivity contribution in [2.45, 2.75) is 46.0 Å². The van der Waals surface area contributed by atoms with Gasteiger partial charge in [-0.1, -0.05) is 19.8 Å². The predicted molar refractivity (Wildman–Crippen MR) is 66.6 cm³/mol. The number of nitrogens with one attached hydrogen (secondary N) is 1. The molecule has 16 heavy (non-hydrogen) atoms. The van der Waals surface area contributed by atoms with E-state index < -0.39 is 0 Å². The van der Waals surface area contributed by atoms with Gasteiger partial charge >= 0.3 is 0 Å². The van der Waals surface area contributed by atoms with Crippen LogP contribution in [0.25, 0.3) is 0 Å². The molecule has 0 amide bonds. The molecule has 0 spiro atoms. The van der Waals surface area contributed by atoms with E-state index in [2.05, 4.69) is 28.3 Å². The number of aryl methyl sites for hydroxylation is 2. The smallest absolute Gasteiger partial charge is 0.129 e. The Morgan fingerprint density at radius 2 is 2.19 bits per heavy atom. The first-order valence-electron chi connectivity index (χ1n) is 6.36. The molecule has 1 aliphatic rings. The van der Waals surface area contributed by atoms with Crippen molar-refractivity contribution >= 4 is 5.82 Å². The first-order chi connectivity index (χ1) is 7.78. The molecule has 1 saturated carbocycles. The molecule has 0 atom stereocenters. The van der Waals surface area contributed by atoms with Gasteiger partial charge < -0.3 is 5.32 Å². The fourth-order valence-corrected chi connectivity index (χ4v) is 1.91. The number of aromatic nitrogens is 2. The molecular formula is C13H21N3. The van der Waals surface area contributed by atoms with Crippen molar-refractivity contribution in [3.05, 3.63) is 17.6 Å². The lowest BCUT2D eigenvalue weighted by atomic mass is 10.2. The maximum absolute atomic E-state index is 4.39. The topological polar surface area (TPSA) is 37.8 Å². The van der Waals surface area contributed by atoms with Crippen molar-refractivity contribution in [1.29, 1.82) is 0 Å². The Morgan fingerprint density at radius 3 is 2.88 bits per heavy atom. The molecule has 3 heteroatoms. The molecule has 3 nitrogen and oxygen atoms in total. The molecule has 2 rings (SSSR count). The Labute approximate surface area is 97.7 Å². The van der Waals surface area contributed by atoms with Gasteiger partial charge in [0.25, 0.3) is 0 Å². The van der Waals surface area contributed by atoms with Crippen LogP contribution < -0.4 is 5.32 Å². The maximum Gasteiger partial charge on any atom is 0.129 e. The fourth-order valence-electron chi connectivity index (χ4n) is 1.91. The highest BCUT2D eigenvalue weighted by Gasteiger charge is 2.19. The highest BCUT2D eigenvalue weighted by molar-refractivity contribution is 5.35. The van der Waals surface area contributed by atoms with Gasteiger partial charge in [0.05, 0.1) is 0 Å². The van der Waals surface area contributed by atoms with Crippen LogP contribution in [0.1, 0.15) is 44.1 Å². The van der Waals surface area contributed by atoms with Crippen LogP contribution in [0, 0.1) is 12.8 Å². The first-order valence-corrected chi connectivity index (χ1v) is 6.36. The van der Waals surface area contributed by atoms with E-state index >= 15 is 0 Å². The minimum Gasteiger partial charge on any atom is -0.370 e. The van der Waals surface area contributed by atoms with Gasteiger partial charge in [-0.15, -0.1) is 0 Å². The zero-order valence-corrected chi connectivity index (χ0v) is 10.3. The Bertz CT molecular complexity index is 345. The van der Waals surface area contributed by atoms with Gasteiger partial charge in [0, 0.05) is 18.3 Å². The van der Waals surface area contributed by atoms with E-state index in [1.165, 1.54) is 25.7 Å². The summed E-state index contributed by atoms with van der Waals surface area (Å²) < 4.78 is 0.